The molecule has 0 saturated heterocycles. The van der Waals surface area contributed by atoms with Gasteiger partial charge in [0.1, 0.15) is 6.67 Å². The Morgan fingerprint density at radius 2 is 1.82 bits per heavy atom. The van der Waals surface area contributed by atoms with Gasteiger partial charge in [0.2, 0.25) is 6.36 Å². The van der Waals surface area contributed by atoms with Gasteiger partial charge in [-0.1, -0.05) is 0 Å². The summed E-state index contributed by atoms with van der Waals surface area (Å²) in [5.41, 5.74) is 0. The molecule has 0 N–H and O–H groups in total. The molecule has 2 unspecified atom stereocenters. The van der Waals surface area contributed by atoms with Crippen LogP contribution >= 0.6 is 0 Å². The number of halogens is 5. The van der Waals surface area contributed by atoms with Gasteiger partial charge in [-0.25, -0.2) is 13.2 Å². The number of alkyl halides is 5. The lowest BCUT2D eigenvalue weighted by Crippen LogP contribution is -2.34. The van der Waals surface area contributed by atoms with Crippen molar-refractivity contribution in [1.82, 2.24) is 0 Å². The van der Waals surface area contributed by atoms with Crippen molar-refractivity contribution < 1.29 is 26.7 Å². The van der Waals surface area contributed by atoms with Crippen LogP contribution in [0.25, 0.3) is 0 Å². The van der Waals surface area contributed by atoms with Crippen LogP contribution in [0.1, 0.15) is 6.92 Å². The molecule has 0 aromatic rings. The normalized spacial score (nSPS) is 18.0. The van der Waals surface area contributed by atoms with Crippen LogP contribution in [0.5, 0.6) is 0 Å². The van der Waals surface area contributed by atoms with Crippen molar-refractivity contribution in [1.29, 1.82) is 0 Å². The SMILES string of the molecule is CC(F)C(F)(F)OC(F)CF. The summed E-state index contributed by atoms with van der Waals surface area (Å²) in [6.07, 6.45) is -9.69. The van der Waals surface area contributed by atoms with Gasteiger partial charge in [0.15, 0.2) is 6.17 Å². The molecule has 0 aliphatic rings. The van der Waals surface area contributed by atoms with Crippen LogP contribution in [0.2, 0.25) is 0 Å². The highest BCUT2D eigenvalue weighted by Gasteiger charge is 2.41. The topological polar surface area (TPSA) is 9.23 Å². The summed E-state index contributed by atoms with van der Waals surface area (Å²) in [5, 5.41) is 0. The van der Waals surface area contributed by atoms with Gasteiger partial charge in [-0.2, -0.15) is 8.78 Å². The summed E-state index contributed by atoms with van der Waals surface area (Å²) < 4.78 is 61.8. The van der Waals surface area contributed by atoms with Gasteiger partial charge in [-0.05, 0) is 6.92 Å². The minimum Gasteiger partial charge on any atom is -0.280 e. The average Bonchev–Trinajstić information content (AvgIpc) is 1.86. The van der Waals surface area contributed by atoms with E-state index in [-0.39, 0.29) is 0 Å². The van der Waals surface area contributed by atoms with E-state index in [0.717, 1.165) is 0 Å². The monoisotopic (exact) mass is 178 g/mol. The molecule has 11 heavy (non-hydrogen) atoms. The van der Waals surface area contributed by atoms with Gasteiger partial charge in [0.05, 0.1) is 0 Å². The van der Waals surface area contributed by atoms with E-state index in [4.69, 9.17) is 0 Å². The number of ether oxygens (including phenoxy) is 1. The van der Waals surface area contributed by atoms with E-state index in [1.54, 1.807) is 0 Å². The molecule has 0 heterocycles. The minimum atomic E-state index is -4.26. The summed E-state index contributed by atoms with van der Waals surface area (Å²) in [6.45, 7) is -1.23. The third kappa shape index (κ3) is 3.50. The molecule has 0 fully saturated rings. The van der Waals surface area contributed by atoms with E-state index in [9.17, 15) is 22.0 Å². The maximum Gasteiger partial charge on any atom is 0.389 e. The van der Waals surface area contributed by atoms with Gasteiger partial charge >= 0.3 is 6.11 Å². The third-order valence-electron chi connectivity index (χ3n) is 0.869. The molecule has 0 aliphatic carbocycles. The van der Waals surface area contributed by atoms with Gasteiger partial charge in [0.25, 0.3) is 0 Å². The van der Waals surface area contributed by atoms with Crippen molar-refractivity contribution in [3.8, 4) is 0 Å². The Labute approximate surface area is 60.1 Å². The molecule has 2 atom stereocenters. The Morgan fingerprint density at radius 3 is 2.09 bits per heavy atom. The Morgan fingerprint density at radius 1 is 1.36 bits per heavy atom. The fourth-order valence-corrected chi connectivity index (χ4v) is 0.296. The van der Waals surface area contributed by atoms with Crippen molar-refractivity contribution in [3.05, 3.63) is 0 Å². The first-order valence-electron chi connectivity index (χ1n) is 2.80. The summed E-state index contributed by atoms with van der Waals surface area (Å²) in [5.74, 6) is 0. The van der Waals surface area contributed by atoms with Crippen LogP contribution in [0.4, 0.5) is 22.0 Å². The van der Waals surface area contributed by atoms with Crippen molar-refractivity contribution in [2.45, 2.75) is 25.6 Å². The molecule has 0 amide bonds. The maximum absolute atomic E-state index is 12.0. The first-order chi connectivity index (χ1) is 4.90. The molecule has 0 aromatic carbocycles. The fourth-order valence-electron chi connectivity index (χ4n) is 0.296. The molecule has 0 aliphatic heterocycles. The zero-order valence-electron chi connectivity index (χ0n) is 5.66. The largest absolute Gasteiger partial charge is 0.389 e. The van der Waals surface area contributed by atoms with E-state index in [0.29, 0.717) is 6.92 Å². The summed E-state index contributed by atoms with van der Waals surface area (Å²) in [4.78, 5) is 0. The highest BCUT2D eigenvalue weighted by atomic mass is 19.3. The second-order valence-corrected chi connectivity index (χ2v) is 1.86. The van der Waals surface area contributed by atoms with Crippen molar-refractivity contribution in [2.75, 3.05) is 6.67 Å². The van der Waals surface area contributed by atoms with Gasteiger partial charge in [-0.3, -0.25) is 4.74 Å². The summed E-state index contributed by atoms with van der Waals surface area (Å²) >= 11 is 0. The lowest BCUT2D eigenvalue weighted by atomic mass is 10.4. The summed E-state index contributed by atoms with van der Waals surface area (Å²) in [6, 6.07) is 0. The van der Waals surface area contributed by atoms with Crippen LogP contribution in [-0.2, 0) is 4.74 Å². The van der Waals surface area contributed by atoms with E-state index >= 15 is 0 Å². The number of hydrogen-bond acceptors (Lipinski definition) is 1. The molecule has 68 valence electrons. The predicted octanol–water partition coefficient (Wildman–Crippen LogP) is 2.22. The highest BCUT2D eigenvalue weighted by molar-refractivity contribution is 4.61. The number of hydrogen-bond donors (Lipinski definition) is 0. The van der Waals surface area contributed by atoms with Gasteiger partial charge < -0.3 is 0 Å². The Kier molecular flexibility index (Phi) is 3.71. The molecule has 1 nitrogen and oxygen atoms in total. The molecule has 0 bridgehead atoms. The average molecular weight is 178 g/mol. The lowest BCUT2D eigenvalue weighted by molar-refractivity contribution is -0.313. The van der Waals surface area contributed by atoms with E-state index in [1.165, 1.54) is 0 Å². The minimum absolute atomic E-state index is 0.491. The molecule has 0 spiro atoms. The molecular formula is C5H7F5O. The van der Waals surface area contributed by atoms with Crippen LogP contribution in [0.3, 0.4) is 0 Å². The van der Waals surface area contributed by atoms with Crippen molar-refractivity contribution in [3.63, 3.8) is 0 Å². The molecule has 0 radical (unpaired) electrons. The Hall–Kier alpha value is -0.390. The zero-order chi connectivity index (χ0) is 9.07. The van der Waals surface area contributed by atoms with E-state index in [1.807, 2.05) is 0 Å². The lowest BCUT2D eigenvalue weighted by Gasteiger charge is -2.18. The fraction of sp³-hybridized carbons (Fsp3) is 1.00. The Balaban J connectivity index is 3.90. The van der Waals surface area contributed by atoms with Crippen molar-refractivity contribution in [2.24, 2.45) is 0 Å². The highest BCUT2D eigenvalue weighted by Crippen LogP contribution is 2.24. The van der Waals surface area contributed by atoms with E-state index < -0.39 is 25.3 Å². The molecule has 0 saturated carbocycles. The van der Waals surface area contributed by atoms with Gasteiger partial charge in [0, 0.05) is 0 Å². The first kappa shape index (κ1) is 10.6. The molecular weight excluding hydrogens is 171 g/mol. The quantitative estimate of drug-likeness (QED) is 0.599. The maximum atomic E-state index is 12.0. The third-order valence-corrected chi connectivity index (χ3v) is 0.869. The van der Waals surface area contributed by atoms with Gasteiger partial charge in [-0.15, -0.1) is 0 Å². The van der Waals surface area contributed by atoms with Crippen molar-refractivity contribution >= 4 is 0 Å². The van der Waals surface area contributed by atoms with Crippen LogP contribution in [0, 0.1) is 0 Å². The second-order valence-electron chi connectivity index (χ2n) is 1.86. The van der Waals surface area contributed by atoms with Crippen LogP contribution in [-0.4, -0.2) is 25.3 Å². The first-order valence-corrected chi connectivity index (χ1v) is 2.80. The molecule has 0 rings (SSSR count). The Bertz CT molecular complexity index is 115. The second kappa shape index (κ2) is 3.85. The van der Waals surface area contributed by atoms with Crippen LogP contribution < -0.4 is 0 Å². The molecule has 6 heteroatoms. The smallest absolute Gasteiger partial charge is 0.280 e. The van der Waals surface area contributed by atoms with Crippen LogP contribution in [0.15, 0.2) is 0 Å². The molecule has 0 aromatic heterocycles. The summed E-state index contributed by atoms with van der Waals surface area (Å²) in [7, 11) is 0. The van der Waals surface area contributed by atoms with E-state index in [2.05, 4.69) is 4.74 Å². The standard InChI is InChI=1S/C5H7F5O/c1-3(7)5(9,10)11-4(8)2-6/h3-4H,2H2,1H3. The number of rotatable bonds is 4. The predicted molar refractivity (Wildman–Crippen MR) is 27.5 cm³/mol. The zero-order valence-corrected chi connectivity index (χ0v) is 5.66.